The van der Waals surface area contributed by atoms with Crippen LogP contribution in [0.4, 0.5) is 0 Å². The fourth-order valence-corrected chi connectivity index (χ4v) is 1.18. The molecule has 0 aromatic heterocycles. The highest BCUT2D eigenvalue weighted by Crippen LogP contribution is 2.19. The molecule has 0 amide bonds. The first-order chi connectivity index (χ1) is 6.15. The highest BCUT2D eigenvalue weighted by molar-refractivity contribution is 5.28. The van der Waals surface area contributed by atoms with Crippen LogP contribution in [-0.2, 0) is 0 Å². The molecular formula is C11H17NO. The first-order valence-electron chi connectivity index (χ1n) is 4.45. The summed E-state index contributed by atoms with van der Waals surface area (Å²) in [6.45, 7) is 2.18. The summed E-state index contributed by atoms with van der Waals surface area (Å²) in [5.74, 6) is 0.912. The molecule has 1 aromatic carbocycles. The predicted molar refractivity (Wildman–Crippen MR) is 55.1 cm³/mol. The van der Waals surface area contributed by atoms with Gasteiger partial charge in [-0.05, 0) is 38.7 Å². The molecule has 0 aliphatic carbocycles. The lowest BCUT2D eigenvalue weighted by Gasteiger charge is -2.20. The fourth-order valence-electron chi connectivity index (χ4n) is 1.18. The molecule has 0 heterocycles. The number of nitrogens with zero attached hydrogens (tertiary/aromatic N) is 1. The molecule has 1 unspecified atom stereocenters. The van der Waals surface area contributed by atoms with Crippen molar-refractivity contribution in [2.45, 2.75) is 13.0 Å². The SMILES string of the molecule is COc1ccc(C(C)N(C)C)cc1. The Balaban J connectivity index is 2.79. The number of hydrogen-bond acceptors (Lipinski definition) is 2. The van der Waals surface area contributed by atoms with Gasteiger partial charge >= 0.3 is 0 Å². The lowest BCUT2D eigenvalue weighted by molar-refractivity contribution is 0.320. The summed E-state index contributed by atoms with van der Waals surface area (Å²) in [5.41, 5.74) is 1.31. The van der Waals surface area contributed by atoms with E-state index < -0.39 is 0 Å². The zero-order valence-electron chi connectivity index (χ0n) is 8.74. The van der Waals surface area contributed by atoms with Gasteiger partial charge in [0.1, 0.15) is 5.75 Å². The Kier molecular flexibility index (Phi) is 3.32. The van der Waals surface area contributed by atoms with Crippen LogP contribution >= 0.6 is 0 Å². The zero-order valence-corrected chi connectivity index (χ0v) is 8.74. The van der Waals surface area contributed by atoms with Crippen molar-refractivity contribution in [3.63, 3.8) is 0 Å². The molecule has 0 bridgehead atoms. The Hall–Kier alpha value is -1.02. The van der Waals surface area contributed by atoms with E-state index in [1.165, 1.54) is 5.56 Å². The molecular weight excluding hydrogens is 162 g/mol. The summed E-state index contributed by atoms with van der Waals surface area (Å²) in [4.78, 5) is 2.18. The van der Waals surface area contributed by atoms with E-state index in [9.17, 15) is 0 Å². The summed E-state index contributed by atoms with van der Waals surface area (Å²) in [6, 6.07) is 8.64. The average Bonchev–Trinajstić information content (AvgIpc) is 2.17. The monoisotopic (exact) mass is 179 g/mol. The molecule has 0 aliphatic rings. The first kappa shape index (κ1) is 10.1. The topological polar surface area (TPSA) is 12.5 Å². The van der Waals surface area contributed by atoms with Crippen molar-refractivity contribution in [3.8, 4) is 5.75 Å². The van der Waals surface area contributed by atoms with Crippen molar-refractivity contribution < 1.29 is 4.74 Å². The van der Waals surface area contributed by atoms with Gasteiger partial charge < -0.3 is 9.64 Å². The van der Waals surface area contributed by atoms with Crippen LogP contribution in [0.3, 0.4) is 0 Å². The van der Waals surface area contributed by atoms with Crippen molar-refractivity contribution in [2.24, 2.45) is 0 Å². The third-order valence-electron chi connectivity index (χ3n) is 2.37. The first-order valence-corrected chi connectivity index (χ1v) is 4.45. The van der Waals surface area contributed by atoms with E-state index in [-0.39, 0.29) is 0 Å². The van der Waals surface area contributed by atoms with Crippen LogP contribution < -0.4 is 4.74 Å². The number of methoxy groups -OCH3 is 1. The van der Waals surface area contributed by atoms with Crippen LogP contribution in [0.15, 0.2) is 24.3 Å². The maximum absolute atomic E-state index is 5.10. The third-order valence-corrected chi connectivity index (χ3v) is 2.37. The predicted octanol–water partition coefficient (Wildman–Crippen LogP) is 2.32. The van der Waals surface area contributed by atoms with Gasteiger partial charge in [-0.15, -0.1) is 0 Å². The zero-order chi connectivity index (χ0) is 9.84. The van der Waals surface area contributed by atoms with Gasteiger partial charge in [0, 0.05) is 6.04 Å². The molecule has 0 N–H and O–H groups in total. The largest absolute Gasteiger partial charge is 0.497 e. The molecule has 0 spiro atoms. The molecule has 1 atom stereocenters. The molecule has 1 rings (SSSR count). The van der Waals surface area contributed by atoms with E-state index in [4.69, 9.17) is 4.74 Å². The van der Waals surface area contributed by atoms with Crippen molar-refractivity contribution in [1.82, 2.24) is 4.90 Å². The molecule has 0 aliphatic heterocycles. The maximum Gasteiger partial charge on any atom is 0.118 e. The lowest BCUT2D eigenvalue weighted by Crippen LogP contribution is -2.16. The molecule has 0 saturated heterocycles. The van der Waals surface area contributed by atoms with Crippen LogP contribution in [0.1, 0.15) is 18.5 Å². The minimum absolute atomic E-state index is 0.450. The quantitative estimate of drug-likeness (QED) is 0.706. The van der Waals surface area contributed by atoms with Gasteiger partial charge in [-0.25, -0.2) is 0 Å². The molecule has 0 fully saturated rings. The van der Waals surface area contributed by atoms with E-state index in [0.29, 0.717) is 6.04 Å². The molecule has 72 valence electrons. The Morgan fingerprint density at radius 2 is 1.69 bits per heavy atom. The molecule has 0 saturated carbocycles. The average molecular weight is 179 g/mol. The summed E-state index contributed by atoms with van der Waals surface area (Å²) in [6.07, 6.45) is 0. The third kappa shape index (κ3) is 2.46. The van der Waals surface area contributed by atoms with Crippen LogP contribution in [0.25, 0.3) is 0 Å². The summed E-state index contributed by atoms with van der Waals surface area (Å²) >= 11 is 0. The highest BCUT2D eigenvalue weighted by atomic mass is 16.5. The minimum Gasteiger partial charge on any atom is -0.497 e. The van der Waals surface area contributed by atoms with E-state index in [0.717, 1.165) is 5.75 Å². The van der Waals surface area contributed by atoms with E-state index in [2.05, 4.69) is 38.1 Å². The van der Waals surface area contributed by atoms with Crippen LogP contribution in [0.2, 0.25) is 0 Å². The summed E-state index contributed by atoms with van der Waals surface area (Å²) in [5, 5.41) is 0. The number of hydrogen-bond donors (Lipinski definition) is 0. The molecule has 2 nitrogen and oxygen atoms in total. The van der Waals surface area contributed by atoms with Crippen LogP contribution in [0.5, 0.6) is 5.75 Å². The smallest absolute Gasteiger partial charge is 0.118 e. The number of benzene rings is 1. The van der Waals surface area contributed by atoms with E-state index >= 15 is 0 Å². The van der Waals surface area contributed by atoms with Crippen molar-refractivity contribution in [3.05, 3.63) is 29.8 Å². The van der Waals surface area contributed by atoms with Crippen LogP contribution in [0, 0.1) is 0 Å². The van der Waals surface area contributed by atoms with Crippen molar-refractivity contribution >= 4 is 0 Å². The molecule has 13 heavy (non-hydrogen) atoms. The van der Waals surface area contributed by atoms with E-state index in [1.807, 2.05) is 12.1 Å². The van der Waals surface area contributed by atoms with Crippen molar-refractivity contribution in [1.29, 1.82) is 0 Å². The summed E-state index contributed by atoms with van der Waals surface area (Å²) < 4.78 is 5.10. The van der Waals surface area contributed by atoms with Gasteiger partial charge in [0.2, 0.25) is 0 Å². The van der Waals surface area contributed by atoms with E-state index in [1.54, 1.807) is 7.11 Å². The molecule has 2 heteroatoms. The highest BCUT2D eigenvalue weighted by Gasteiger charge is 2.06. The van der Waals surface area contributed by atoms with Gasteiger partial charge in [-0.2, -0.15) is 0 Å². The van der Waals surface area contributed by atoms with Crippen molar-refractivity contribution in [2.75, 3.05) is 21.2 Å². The number of rotatable bonds is 3. The van der Waals surface area contributed by atoms with Gasteiger partial charge in [-0.1, -0.05) is 12.1 Å². The fraction of sp³-hybridized carbons (Fsp3) is 0.455. The number of ether oxygens (including phenoxy) is 1. The second kappa shape index (κ2) is 4.28. The maximum atomic E-state index is 5.10. The second-order valence-electron chi connectivity index (χ2n) is 3.41. The van der Waals surface area contributed by atoms with Crippen LogP contribution in [-0.4, -0.2) is 26.1 Å². The minimum atomic E-state index is 0.450. The Labute approximate surface area is 80.1 Å². The molecule has 1 aromatic rings. The Bertz CT molecular complexity index is 253. The van der Waals surface area contributed by atoms with Gasteiger partial charge in [0.15, 0.2) is 0 Å². The normalized spacial score (nSPS) is 13.0. The van der Waals surface area contributed by atoms with Gasteiger partial charge in [-0.3, -0.25) is 0 Å². The lowest BCUT2D eigenvalue weighted by atomic mass is 10.1. The second-order valence-corrected chi connectivity index (χ2v) is 3.41. The Morgan fingerprint density at radius 1 is 1.15 bits per heavy atom. The molecule has 0 radical (unpaired) electrons. The standard InChI is InChI=1S/C11H17NO/c1-9(12(2)3)10-5-7-11(13-4)8-6-10/h5-9H,1-4H3. The van der Waals surface area contributed by atoms with Gasteiger partial charge in [0.05, 0.1) is 7.11 Å². The Morgan fingerprint density at radius 3 is 2.08 bits per heavy atom. The summed E-state index contributed by atoms with van der Waals surface area (Å²) in [7, 11) is 5.84. The van der Waals surface area contributed by atoms with Gasteiger partial charge in [0.25, 0.3) is 0 Å².